The zero-order valence-electron chi connectivity index (χ0n) is 9.16. The van der Waals surface area contributed by atoms with Crippen molar-refractivity contribution in [3.05, 3.63) is 0 Å². The number of piperidine rings is 1. The summed E-state index contributed by atoms with van der Waals surface area (Å²) in [5.41, 5.74) is 0. The third kappa shape index (κ3) is 2.96. The molecule has 0 aromatic rings. The van der Waals surface area contributed by atoms with Gasteiger partial charge in [0.15, 0.2) is 0 Å². The standard InChI is InChI=1S/C11H23NO/c1-4-11-5-7-12(8-6-11)9(2)10(3)13/h9-11,13H,4-8H2,1-3H3. The van der Waals surface area contributed by atoms with Gasteiger partial charge in [-0.2, -0.15) is 0 Å². The van der Waals surface area contributed by atoms with Crippen LogP contribution in [0.2, 0.25) is 0 Å². The summed E-state index contributed by atoms with van der Waals surface area (Å²) in [7, 11) is 0. The van der Waals surface area contributed by atoms with Gasteiger partial charge in [-0.15, -0.1) is 0 Å². The van der Waals surface area contributed by atoms with Crippen LogP contribution >= 0.6 is 0 Å². The Bertz CT molecular complexity index is 139. The summed E-state index contributed by atoms with van der Waals surface area (Å²) in [6.45, 7) is 8.63. The Hall–Kier alpha value is -0.0800. The van der Waals surface area contributed by atoms with Crippen LogP contribution in [-0.2, 0) is 0 Å². The van der Waals surface area contributed by atoms with E-state index in [0.717, 1.165) is 5.92 Å². The minimum Gasteiger partial charge on any atom is -0.392 e. The van der Waals surface area contributed by atoms with E-state index >= 15 is 0 Å². The number of rotatable bonds is 3. The van der Waals surface area contributed by atoms with Crippen LogP contribution in [0.15, 0.2) is 0 Å². The first-order valence-electron chi connectivity index (χ1n) is 5.57. The van der Waals surface area contributed by atoms with Gasteiger partial charge in [0.2, 0.25) is 0 Å². The summed E-state index contributed by atoms with van der Waals surface area (Å²) in [6.07, 6.45) is 3.75. The van der Waals surface area contributed by atoms with E-state index in [0.29, 0.717) is 6.04 Å². The average Bonchev–Trinajstić information content (AvgIpc) is 2.17. The average molecular weight is 185 g/mol. The predicted octanol–water partition coefficient (Wildman–Crippen LogP) is 1.88. The second kappa shape index (κ2) is 4.97. The maximum atomic E-state index is 9.45. The molecule has 1 heterocycles. The van der Waals surface area contributed by atoms with Crippen molar-refractivity contribution in [1.82, 2.24) is 4.90 Å². The molecular formula is C11H23NO. The Morgan fingerprint density at radius 1 is 1.31 bits per heavy atom. The first kappa shape index (κ1) is 11.0. The maximum absolute atomic E-state index is 9.45. The molecule has 2 heteroatoms. The highest BCUT2D eigenvalue weighted by Gasteiger charge is 2.23. The van der Waals surface area contributed by atoms with Crippen molar-refractivity contribution in [3.63, 3.8) is 0 Å². The second-order valence-corrected chi connectivity index (χ2v) is 4.37. The smallest absolute Gasteiger partial charge is 0.0664 e. The molecule has 1 saturated heterocycles. The lowest BCUT2D eigenvalue weighted by Crippen LogP contribution is -2.44. The highest BCUT2D eigenvalue weighted by atomic mass is 16.3. The lowest BCUT2D eigenvalue weighted by Gasteiger charge is -2.36. The molecule has 1 N–H and O–H groups in total. The molecule has 0 aliphatic carbocycles. The lowest BCUT2D eigenvalue weighted by atomic mass is 9.93. The van der Waals surface area contributed by atoms with Crippen LogP contribution in [-0.4, -0.2) is 35.2 Å². The Balaban J connectivity index is 2.32. The van der Waals surface area contributed by atoms with Crippen molar-refractivity contribution < 1.29 is 5.11 Å². The van der Waals surface area contributed by atoms with Crippen molar-refractivity contribution >= 4 is 0 Å². The number of aliphatic hydroxyl groups excluding tert-OH is 1. The van der Waals surface area contributed by atoms with Gasteiger partial charge in [0.1, 0.15) is 0 Å². The van der Waals surface area contributed by atoms with Crippen LogP contribution in [0.3, 0.4) is 0 Å². The van der Waals surface area contributed by atoms with Gasteiger partial charge in [-0.05, 0) is 45.7 Å². The SMILES string of the molecule is CCC1CCN(C(C)C(C)O)CC1. The Kier molecular flexibility index (Phi) is 4.20. The van der Waals surface area contributed by atoms with Crippen molar-refractivity contribution in [1.29, 1.82) is 0 Å². The van der Waals surface area contributed by atoms with E-state index in [-0.39, 0.29) is 6.10 Å². The molecule has 1 fully saturated rings. The molecule has 1 rings (SSSR count). The fraction of sp³-hybridized carbons (Fsp3) is 1.00. The topological polar surface area (TPSA) is 23.5 Å². The Labute approximate surface area is 81.9 Å². The van der Waals surface area contributed by atoms with Gasteiger partial charge < -0.3 is 5.11 Å². The zero-order valence-corrected chi connectivity index (χ0v) is 9.16. The number of aliphatic hydroxyl groups is 1. The summed E-state index contributed by atoms with van der Waals surface area (Å²) in [6, 6.07) is 0.331. The van der Waals surface area contributed by atoms with E-state index in [1.807, 2.05) is 6.92 Å². The van der Waals surface area contributed by atoms with Gasteiger partial charge in [0.25, 0.3) is 0 Å². The van der Waals surface area contributed by atoms with E-state index in [2.05, 4.69) is 18.7 Å². The minimum absolute atomic E-state index is 0.196. The number of hydrogen-bond donors (Lipinski definition) is 1. The maximum Gasteiger partial charge on any atom is 0.0664 e. The summed E-state index contributed by atoms with van der Waals surface area (Å²) in [4.78, 5) is 2.41. The molecule has 13 heavy (non-hydrogen) atoms. The van der Waals surface area contributed by atoms with E-state index < -0.39 is 0 Å². The van der Waals surface area contributed by atoms with E-state index in [4.69, 9.17) is 0 Å². The molecule has 0 aromatic heterocycles. The largest absolute Gasteiger partial charge is 0.392 e. The molecule has 0 saturated carbocycles. The Morgan fingerprint density at radius 2 is 1.85 bits per heavy atom. The van der Waals surface area contributed by atoms with Gasteiger partial charge in [0, 0.05) is 6.04 Å². The molecule has 1 aliphatic rings. The highest BCUT2D eigenvalue weighted by Crippen LogP contribution is 2.21. The molecule has 2 unspecified atom stereocenters. The molecule has 2 atom stereocenters. The minimum atomic E-state index is -0.196. The van der Waals surface area contributed by atoms with Gasteiger partial charge >= 0.3 is 0 Å². The van der Waals surface area contributed by atoms with E-state index in [9.17, 15) is 5.11 Å². The molecule has 0 radical (unpaired) electrons. The summed E-state index contributed by atoms with van der Waals surface area (Å²) < 4.78 is 0. The second-order valence-electron chi connectivity index (χ2n) is 4.37. The predicted molar refractivity (Wildman–Crippen MR) is 55.7 cm³/mol. The molecular weight excluding hydrogens is 162 g/mol. The van der Waals surface area contributed by atoms with E-state index in [1.165, 1.54) is 32.4 Å². The first-order valence-corrected chi connectivity index (χ1v) is 5.57. The molecule has 1 aliphatic heterocycles. The van der Waals surface area contributed by atoms with Crippen LogP contribution in [0.5, 0.6) is 0 Å². The van der Waals surface area contributed by atoms with Gasteiger partial charge in [-0.1, -0.05) is 13.3 Å². The fourth-order valence-electron chi connectivity index (χ4n) is 2.07. The normalized spacial score (nSPS) is 25.8. The zero-order chi connectivity index (χ0) is 9.84. The fourth-order valence-corrected chi connectivity index (χ4v) is 2.07. The van der Waals surface area contributed by atoms with Crippen molar-refractivity contribution in [2.24, 2.45) is 5.92 Å². The molecule has 0 bridgehead atoms. The monoisotopic (exact) mass is 185 g/mol. The third-order valence-corrected chi connectivity index (χ3v) is 3.50. The van der Waals surface area contributed by atoms with Gasteiger partial charge in [0.05, 0.1) is 6.10 Å². The molecule has 0 amide bonds. The summed E-state index contributed by atoms with van der Waals surface area (Å²) in [5, 5.41) is 9.45. The number of hydrogen-bond acceptors (Lipinski definition) is 2. The van der Waals surface area contributed by atoms with Crippen LogP contribution in [0, 0.1) is 5.92 Å². The van der Waals surface area contributed by atoms with Gasteiger partial charge in [-0.25, -0.2) is 0 Å². The summed E-state index contributed by atoms with van der Waals surface area (Å²) >= 11 is 0. The molecule has 0 aromatic carbocycles. The molecule has 2 nitrogen and oxygen atoms in total. The summed E-state index contributed by atoms with van der Waals surface area (Å²) in [5.74, 6) is 0.928. The molecule has 0 spiro atoms. The Morgan fingerprint density at radius 3 is 2.23 bits per heavy atom. The van der Waals surface area contributed by atoms with Crippen LogP contribution in [0.25, 0.3) is 0 Å². The van der Waals surface area contributed by atoms with Crippen molar-refractivity contribution in [3.8, 4) is 0 Å². The van der Waals surface area contributed by atoms with Gasteiger partial charge in [-0.3, -0.25) is 4.90 Å². The third-order valence-electron chi connectivity index (χ3n) is 3.50. The lowest BCUT2D eigenvalue weighted by molar-refractivity contribution is 0.0478. The van der Waals surface area contributed by atoms with Crippen LogP contribution in [0.1, 0.15) is 40.0 Å². The van der Waals surface area contributed by atoms with Crippen LogP contribution in [0.4, 0.5) is 0 Å². The van der Waals surface area contributed by atoms with Crippen molar-refractivity contribution in [2.75, 3.05) is 13.1 Å². The van der Waals surface area contributed by atoms with E-state index in [1.54, 1.807) is 0 Å². The van der Waals surface area contributed by atoms with Crippen LogP contribution < -0.4 is 0 Å². The number of nitrogens with zero attached hydrogens (tertiary/aromatic N) is 1. The quantitative estimate of drug-likeness (QED) is 0.725. The highest BCUT2D eigenvalue weighted by molar-refractivity contribution is 4.78. The number of likely N-dealkylation sites (tertiary alicyclic amines) is 1. The van der Waals surface area contributed by atoms with Crippen molar-refractivity contribution in [2.45, 2.75) is 52.2 Å². The first-order chi connectivity index (χ1) is 6.15. The molecule has 78 valence electrons.